The van der Waals surface area contributed by atoms with E-state index in [0.29, 0.717) is 0 Å². The minimum Gasteiger partial charge on any atom is -0.320 e. The molecule has 0 unspecified atom stereocenters. The van der Waals surface area contributed by atoms with Gasteiger partial charge >= 0.3 is 0 Å². The maximum atomic E-state index is 6.74. The van der Waals surface area contributed by atoms with E-state index in [1.807, 2.05) is 0 Å². The average Bonchev–Trinajstić information content (AvgIpc) is 1.35. The summed E-state index contributed by atoms with van der Waals surface area (Å²) in [7, 11) is 1.58. The van der Waals surface area contributed by atoms with Crippen LogP contribution in [0, 0.1) is 0 Å². The van der Waals surface area contributed by atoms with Crippen LogP contribution in [-0.2, 0) is 0 Å². The zero-order valence-corrected chi connectivity index (χ0v) is 3.00. The van der Waals surface area contributed by atoms with Crippen LogP contribution < -0.4 is 5.32 Å². The fraction of sp³-hybridized carbons (Fsp3) is 1.00. The molecule has 0 rings (SSSR count). The zero-order valence-electron chi connectivity index (χ0n) is 5.00. The molecule has 0 fully saturated rings. The molecule has 4 heavy (non-hydrogen) atoms. The van der Waals surface area contributed by atoms with Crippen LogP contribution in [0.2, 0.25) is 0 Å². The number of hydrogen-bond donors (Lipinski definition) is 1. The Balaban J connectivity index is 3.17. The molecule has 0 bridgehead atoms. The first-order valence-electron chi connectivity index (χ1n) is 2.25. The molecule has 1 nitrogen and oxygen atoms in total. The second-order valence-electron chi connectivity index (χ2n) is 0.500. The summed E-state index contributed by atoms with van der Waals surface area (Å²) < 4.78 is 13.5. The standard InChI is InChI=1S/C3H9N/c1-3-4-2/h4H,3H2,1-2H3/i3D2. The SMILES string of the molecule is [2H]C([2H])(C)NC. The lowest BCUT2D eigenvalue weighted by Gasteiger charge is -1.76. The zero-order chi connectivity index (χ0) is 5.21. The molecule has 26 valence electrons. The third-order valence-electron chi connectivity index (χ3n) is 0.250. The molecule has 0 amide bonds. The van der Waals surface area contributed by atoms with Crippen LogP contribution in [0.1, 0.15) is 9.67 Å². The highest BCUT2D eigenvalue weighted by Crippen LogP contribution is 1.34. The molecule has 0 aromatic heterocycles. The van der Waals surface area contributed by atoms with Crippen molar-refractivity contribution >= 4 is 0 Å². The molecule has 0 aliphatic heterocycles. The van der Waals surface area contributed by atoms with Gasteiger partial charge in [0.2, 0.25) is 0 Å². The summed E-state index contributed by atoms with van der Waals surface area (Å²) in [5.74, 6) is 0. The molecular weight excluding hydrogens is 50.0 g/mol. The fourth-order valence-electron chi connectivity index (χ4n) is 0. The lowest BCUT2D eigenvalue weighted by atomic mass is 10.8. The summed E-state index contributed by atoms with van der Waals surface area (Å²) in [4.78, 5) is 0. The van der Waals surface area contributed by atoms with Gasteiger partial charge in [-0.15, -0.1) is 0 Å². The lowest BCUT2D eigenvalue weighted by Crippen LogP contribution is -2.01. The average molecular weight is 61.1 g/mol. The predicted octanol–water partition coefficient (Wildman–Crippen LogP) is 0.226. The lowest BCUT2D eigenvalue weighted by molar-refractivity contribution is 0.864. The molecule has 1 heteroatoms. The van der Waals surface area contributed by atoms with Gasteiger partial charge in [0, 0.05) is 2.74 Å². The van der Waals surface area contributed by atoms with E-state index in [4.69, 9.17) is 2.74 Å². The molecular formula is C3H9N. The molecule has 0 radical (unpaired) electrons. The van der Waals surface area contributed by atoms with E-state index in [9.17, 15) is 0 Å². The van der Waals surface area contributed by atoms with Gasteiger partial charge < -0.3 is 5.32 Å². The van der Waals surface area contributed by atoms with Crippen LogP contribution in [0.4, 0.5) is 0 Å². The van der Waals surface area contributed by atoms with Gasteiger partial charge in [-0.3, -0.25) is 0 Å². The van der Waals surface area contributed by atoms with E-state index < -0.39 is 6.50 Å². The van der Waals surface area contributed by atoms with Gasteiger partial charge in [-0.05, 0) is 13.5 Å². The van der Waals surface area contributed by atoms with E-state index in [1.54, 1.807) is 7.05 Å². The molecule has 0 spiro atoms. The Morgan fingerprint density at radius 1 is 2.25 bits per heavy atom. The Morgan fingerprint density at radius 2 is 2.50 bits per heavy atom. The maximum absolute atomic E-state index is 6.74. The molecule has 0 aliphatic carbocycles. The van der Waals surface area contributed by atoms with Gasteiger partial charge in [0.1, 0.15) is 0 Å². The molecule has 0 atom stereocenters. The summed E-state index contributed by atoms with van der Waals surface area (Å²) in [5.41, 5.74) is 0. The van der Waals surface area contributed by atoms with Crippen molar-refractivity contribution in [2.24, 2.45) is 0 Å². The Bertz CT molecular complexity index is 38.5. The smallest absolute Gasteiger partial charge is 0.0425 e. The second-order valence-corrected chi connectivity index (χ2v) is 0.500. The van der Waals surface area contributed by atoms with Gasteiger partial charge in [-0.2, -0.15) is 0 Å². The van der Waals surface area contributed by atoms with Gasteiger partial charge in [0.05, 0.1) is 0 Å². The summed E-state index contributed by atoms with van der Waals surface area (Å²) in [6, 6.07) is 0. The van der Waals surface area contributed by atoms with Gasteiger partial charge in [0.15, 0.2) is 0 Å². The molecule has 0 aromatic rings. The molecule has 0 saturated carbocycles. The first kappa shape index (κ1) is 1.41. The first-order valence-corrected chi connectivity index (χ1v) is 1.25. The summed E-state index contributed by atoms with van der Waals surface area (Å²) >= 11 is 0. The monoisotopic (exact) mass is 61.1 g/mol. The maximum Gasteiger partial charge on any atom is 0.0425 e. The third kappa shape index (κ3) is 1.96. The summed E-state index contributed by atoms with van der Waals surface area (Å²) in [6.07, 6.45) is 0. The van der Waals surface area contributed by atoms with E-state index in [2.05, 4.69) is 5.32 Å². The Hall–Kier alpha value is -0.0400. The van der Waals surface area contributed by atoms with Crippen molar-refractivity contribution in [2.75, 3.05) is 13.5 Å². The van der Waals surface area contributed by atoms with Crippen LogP contribution in [0.3, 0.4) is 0 Å². The topological polar surface area (TPSA) is 12.0 Å². The van der Waals surface area contributed by atoms with Crippen molar-refractivity contribution < 1.29 is 2.74 Å². The predicted molar refractivity (Wildman–Crippen MR) is 19.6 cm³/mol. The molecule has 0 heterocycles. The van der Waals surface area contributed by atoms with Crippen molar-refractivity contribution in [2.45, 2.75) is 6.92 Å². The number of rotatable bonds is 1. The van der Waals surface area contributed by atoms with Crippen LogP contribution in [0.25, 0.3) is 0 Å². The molecule has 0 aliphatic rings. The van der Waals surface area contributed by atoms with Crippen molar-refractivity contribution in [3.05, 3.63) is 0 Å². The Morgan fingerprint density at radius 3 is 2.50 bits per heavy atom. The van der Waals surface area contributed by atoms with Gasteiger partial charge in [-0.1, -0.05) is 6.92 Å². The second kappa shape index (κ2) is 2.96. The van der Waals surface area contributed by atoms with E-state index >= 15 is 0 Å². The van der Waals surface area contributed by atoms with Gasteiger partial charge in [0.25, 0.3) is 0 Å². The number of hydrogen-bond acceptors (Lipinski definition) is 1. The van der Waals surface area contributed by atoms with Crippen molar-refractivity contribution in [1.29, 1.82) is 0 Å². The highest BCUT2D eigenvalue weighted by atomic mass is 14.8. The Labute approximate surface area is 29.8 Å². The summed E-state index contributed by atoms with van der Waals surface area (Å²) in [5, 5.41) is 2.44. The minimum absolute atomic E-state index is 1.21. The Kier molecular flexibility index (Phi) is 1.04. The van der Waals surface area contributed by atoms with E-state index in [0.717, 1.165) is 0 Å². The highest BCUT2D eigenvalue weighted by Gasteiger charge is 1.50. The number of nitrogens with one attached hydrogen (secondary N) is 1. The largest absolute Gasteiger partial charge is 0.320 e. The highest BCUT2D eigenvalue weighted by molar-refractivity contribution is 4.15. The molecule has 0 aromatic carbocycles. The van der Waals surface area contributed by atoms with Crippen molar-refractivity contribution in [3.63, 3.8) is 0 Å². The van der Waals surface area contributed by atoms with Crippen molar-refractivity contribution in [3.8, 4) is 0 Å². The fourth-order valence-corrected chi connectivity index (χ4v) is 0. The quantitative estimate of drug-likeness (QED) is 0.457. The third-order valence-corrected chi connectivity index (χ3v) is 0.250. The van der Waals surface area contributed by atoms with Crippen LogP contribution in [0.5, 0.6) is 0 Å². The minimum atomic E-state index is -1.21. The van der Waals surface area contributed by atoms with Crippen molar-refractivity contribution in [1.82, 2.24) is 5.32 Å². The normalized spacial score (nSPS) is 18.5. The van der Waals surface area contributed by atoms with Gasteiger partial charge in [-0.25, -0.2) is 0 Å². The van der Waals surface area contributed by atoms with E-state index in [-0.39, 0.29) is 0 Å². The summed E-state index contributed by atoms with van der Waals surface area (Å²) in [6.45, 7) is 0.257. The molecule has 0 saturated heterocycles. The van der Waals surface area contributed by atoms with Crippen LogP contribution in [0.15, 0.2) is 0 Å². The van der Waals surface area contributed by atoms with Crippen LogP contribution in [-0.4, -0.2) is 13.5 Å². The van der Waals surface area contributed by atoms with Crippen LogP contribution >= 0.6 is 0 Å². The molecule has 1 N–H and O–H groups in total. The first-order chi connectivity index (χ1) is 2.56. The van der Waals surface area contributed by atoms with E-state index in [1.165, 1.54) is 6.92 Å².